The predicted octanol–water partition coefficient (Wildman–Crippen LogP) is -0.893. The molecule has 0 fully saturated rings. The van der Waals surface area contributed by atoms with Crippen LogP contribution in [0.4, 0.5) is 8.78 Å². The zero-order chi connectivity index (χ0) is 6.08. The van der Waals surface area contributed by atoms with Crippen LogP contribution in [-0.2, 0) is 10.7 Å². The standard InChI is InChI=1S/CH3F2NO2S/c2-1(3,4)7(5)6/h7H,4H2. The maximum Gasteiger partial charge on any atom is 0.399 e. The Hall–Kier alpha value is -0.230. The third-order valence-electron chi connectivity index (χ3n) is 0.243. The van der Waals surface area contributed by atoms with E-state index in [4.69, 9.17) is 0 Å². The van der Waals surface area contributed by atoms with Gasteiger partial charge in [-0.1, -0.05) is 0 Å². The van der Waals surface area contributed by atoms with E-state index in [1.54, 1.807) is 0 Å². The van der Waals surface area contributed by atoms with Gasteiger partial charge in [-0.3, -0.25) is 5.73 Å². The van der Waals surface area contributed by atoms with Crippen molar-refractivity contribution in [2.24, 2.45) is 5.73 Å². The molecule has 0 atom stereocenters. The summed E-state index contributed by atoms with van der Waals surface area (Å²) < 4.78 is 40.4. The van der Waals surface area contributed by atoms with E-state index in [2.05, 4.69) is 5.73 Å². The summed E-state index contributed by atoms with van der Waals surface area (Å²) in [5.74, 6) is 0. The van der Waals surface area contributed by atoms with Crippen molar-refractivity contribution < 1.29 is 17.2 Å². The average molecular weight is 131 g/mol. The van der Waals surface area contributed by atoms with Gasteiger partial charge in [-0.2, -0.15) is 8.78 Å². The number of alkyl halides is 2. The van der Waals surface area contributed by atoms with Crippen molar-refractivity contribution in [2.75, 3.05) is 0 Å². The molecule has 3 nitrogen and oxygen atoms in total. The summed E-state index contributed by atoms with van der Waals surface area (Å²) in [7, 11) is -3.80. The minimum absolute atomic E-state index is 3.75. The maximum atomic E-state index is 11.0. The molecule has 0 bridgehead atoms. The molecule has 0 aromatic carbocycles. The molecular weight excluding hydrogens is 128 g/mol. The Morgan fingerprint density at radius 3 is 1.57 bits per heavy atom. The Morgan fingerprint density at radius 1 is 1.43 bits per heavy atom. The van der Waals surface area contributed by atoms with Gasteiger partial charge in [-0.05, 0) is 0 Å². The Labute approximate surface area is 40.1 Å². The third kappa shape index (κ3) is 2.46. The summed E-state index contributed by atoms with van der Waals surface area (Å²) in [6.45, 7) is 0. The van der Waals surface area contributed by atoms with Crippen LogP contribution in [0.1, 0.15) is 0 Å². The molecule has 0 aromatic rings. The fraction of sp³-hybridized carbons (Fsp3) is 1.00. The van der Waals surface area contributed by atoms with E-state index in [1.165, 1.54) is 0 Å². The minimum Gasteiger partial charge on any atom is -0.258 e. The minimum atomic E-state index is -4.05. The molecule has 2 N–H and O–H groups in total. The Balaban J connectivity index is 4.08. The second-order valence-electron chi connectivity index (χ2n) is 0.845. The zero-order valence-electron chi connectivity index (χ0n) is 3.10. The number of nitrogens with two attached hydrogens (primary N) is 1. The summed E-state index contributed by atoms with van der Waals surface area (Å²) in [4.78, 5) is 0. The normalized spacial score (nSPS) is 12.6. The summed E-state index contributed by atoms with van der Waals surface area (Å²) in [5, 5.41) is -4.05. The van der Waals surface area contributed by atoms with Crippen LogP contribution in [-0.4, -0.2) is 13.8 Å². The molecule has 0 aliphatic rings. The average Bonchev–Trinajstić information content (AvgIpc) is 1.31. The zero-order valence-corrected chi connectivity index (χ0v) is 3.99. The van der Waals surface area contributed by atoms with Crippen LogP contribution in [0.2, 0.25) is 0 Å². The smallest absolute Gasteiger partial charge is 0.258 e. The van der Waals surface area contributed by atoms with Gasteiger partial charge in [-0.15, -0.1) is 0 Å². The van der Waals surface area contributed by atoms with Crippen LogP contribution < -0.4 is 5.73 Å². The van der Waals surface area contributed by atoms with Gasteiger partial charge in [0.05, 0.1) is 0 Å². The second kappa shape index (κ2) is 1.71. The highest BCUT2D eigenvalue weighted by Gasteiger charge is 2.25. The molecule has 0 spiro atoms. The maximum absolute atomic E-state index is 11.0. The van der Waals surface area contributed by atoms with Crippen LogP contribution in [0.5, 0.6) is 0 Å². The predicted molar refractivity (Wildman–Crippen MR) is 19.4 cm³/mol. The molecule has 0 aromatic heterocycles. The van der Waals surface area contributed by atoms with Crippen molar-refractivity contribution in [1.29, 1.82) is 0 Å². The molecule has 7 heavy (non-hydrogen) atoms. The quantitative estimate of drug-likeness (QED) is 0.358. The second-order valence-corrected chi connectivity index (χ2v) is 1.96. The molecule has 44 valence electrons. The Bertz CT molecular complexity index is 116. The lowest BCUT2D eigenvalue weighted by Gasteiger charge is -1.95. The van der Waals surface area contributed by atoms with Gasteiger partial charge in [0.1, 0.15) is 0 Å². The lowest BCUT2D eigenvalue weighted by atomic mass is 11.3. The first-order chi connectivity index (χ1) is 2.94. The van der Waals surface area contributed by atoms with E-state index in [1.807, 2.05) is 0 Å². The molecule has 0 radical (unpaired) electrons. The first kappa shape index (κ1) is 6.77. The Morgan fingerprint density at radius 2 is 1.57 bits per heavy atom. The van der Waals surface area contributed by atoms with Gasteiger partial charge < -0.3 is 0 Å². The first-order valence-electron chi connectivity index (χ1n) is 1.26. The van der Waals surface area contributed by atoms with Gasteiger partial charge in [0.25, 0.3) is 0 Å². The van der Waals surface area contributed by atoms with Crippen LogP contribution in [0.25, 0.3) is 0 Å². The van der Waals surface area contributed by atoms with E-state index in [9.17, 15) is 17.2 Å². The summed E-state index contributed by atoms with van der Waals surface area (Å²) in [5.41, 5.74) is 3.75. The van der Waals surface area contributed by atoms with Gasteiger partial charge in [0.15, 0.2) is 0 Å². The van der Waals surface area contributed by atoms with E-state index < -0.39 is 16.1 Å². The van der Waals surface area contributed by atoms with Crippen molar-refractivity contribution in [3.8, 4) is 0 Å². The topological polar surface area (TPSA) is 60.2 Å². The number of rotatable bonds is 1. The van der Waals surface area contributed by atoms with Gasteiger partial charge in [0.2, 0.25) is 10.7 Å². The first-order valence-corrected chi connectivity index (χ1v) is 2.43. The fourth-order valence-corrected chi connectivity index (χ4v) is 0. The Kier molecular flexibility index (Phi) is 1.65. The molecule has 6 heteroatoms. The molecule has 0 aliphatic carbocycles. The molecule has 0 aliphatic heterocycles. The number of halogens is 2. The molecule has 0 amide bonds. The molecule has 0 saturated carbocycles. The highest BCUT2D eigenvalue weighted by atomic mass is 32.2. The third-order valence-corrected chi connectivity index (χ3v) is 0.730. The van der Waals surface area contributed by atoms with Crippen LogP contribution in [0.15, 0.2) is 0 Å². The molecule has 0 saturated heterocycles. The van der Waals surface area contributed by atoms with Crippen LogP contribution in [0.3, 0.4) is 0 Å². The van der Waals surface area contributed by atoms with Crippen molar-refractivity contribution in [3.05, 3.63) is 0 Å². The summed E-state index contributed by atoms with van der Waals surface area (Å²) in [6.07, 6.45) is 0. The van der Waals surface area contributed by atoms with Gasteiger partial charge >= 0.3 is 5.38 Å². The molecular formula is CH3F2NO2S. The van der Waals surface area contributed by atoms with Crippen LogP contribution >= 0.6 is 0 Å². The monoisotopic (exact) mass is 131 g/mol. The lowest BCUT2D eigenvalue weighted by molar-refractivity contribution is 0.105. The highest BCUT2D eigenvalue weighted by molar-refractivity contribution is 7.73. The van der Waals surface area contributed by atoms with E-state index >= 15 is 0 Å². The summed E-state index contributed by atoms with van der Waals surface area (Å²) in [6, 6.07) is 0. The number of hydrogen-bond acceptors (Lipinski definition) is 3. The van der Waals surface area contributed by atoms with Crippen molar-refractivity contribution >= 4 is 10.7 Å². The SMILES string of the molecule is NC(F)(F)[SH](=O)=O. The number of thiol groups is 1. The van der Waals surface area contributed by atoms with Crippen LogP contribution in [0, 0.1) is 0 Å². The fourth-order valence-electron chi connectivity index (χ4n) is 0. The van der Waals surface area contributed by atoms with Gasteiger partial charge in [-0.25, -0.2) is 8.42 Å². The molecule has 0 rings (SSSR count). The molecule has 0 heterocycles. The largest absolute Gasteiger partial charge is 0.399 e. The van der Waals surface area contributed by atoms with Gasteiger partial charge in [0, 0.05) is 0 Å². The van der Waals surface area contributed by atoms with Crippen molar-refractivity contribution in [1.82, 2.24) is 0 Å². The van der Waals surface area contributed by atoms with E-state index in [0.29, 0.717) is 0 Å². The van der Waals surface area contributed by atoms with E-state index in [-0.39, 0.29) is 0 Å². The number of hydrogen-bond donors (Lipinski definition) is 2. The lowest BCUT2D eigenvalue weighted by Crippen LogP contribution is -2.29. The van der Waals surface area contributed by atoms with Crippen molar-refractivity contribution in [3.63, 3.8) is 0 Å². The summed E-state index contributed by atoms with van der Waals surface area (Å²) >= 11 is 0. The molecule has 0 unspecified atom stereocenters. The van der Waals surface area contributed by atoms with Crippen molar-refractivity contribution in [2.45, 2.75) is 5.38 Å². The highest BCUT2D eigenvalue weighted by Crippen LogP contribution is 2.01. The van der Waals surface area contributed by atoms with E-state index in [0.717, 1.165) is 0 Å².